The number of phenolic OH excluding ortho intramolecular Hbond substituents is 1. The maximum absolute atomic E-state index is 12.3. The van der Waals surface area contributed by atoms with E-state index in [9.17, 15) is 9.90 Å². The van der Waals surface area contributed by atoms with Gasteiger partial charge < -0.3 is 15.3 Å². The topological polar surface area (TPSA) is 52.6 Å². The fourth-order valence-corrected chi connectivity index (χ4v) is 2.49. The molecule has 0 bridgehead atoms. The van der Waals surface area contributed by atoms with Crippen LogP contribution < -0.4 is 5.32 Å². The van der Waals surface area contributed by atoms with Crippen molar-refractivity contribution < 1.29 is 9.90 Å². The SMILES string of the molecule is CC1NCCC1C(=O)N(C)Cc1cccc(O)c1. The van der Waals surface area contributed by atoms with Gasteiger partial charge in [-0.1, -0.05) is 12.1 Å². The first-order chi connectivity index (χ1) is 8.58. The molecule has 1 aliphatic heterocycles. The van der Waals surface area contributed by atoms with Gasteiger partial charge in [-0.25, -0.2) is 0 Å². The summed E-state index contributed by atoms with van der Waals surface area (Å²) < 4.78 is 0. The van der Waals surface area contributed by atoms with Crippen LogP contribution in [0.2, 0.25) is 0 Å². The van der Waals surface area contributed by atoms with Gasteiger partial charge in [0.1, 0.15) is 5.75 Å². The van der Waals surface area contributed by atoms with E-state index in [2.05, 4.69) is 12.2 Å². The number of nitrogens with zero attached hydrogens (tertiary/aromatic N) is 1. The largest absolute Gasteiger partial charge is 0.508 e. The summed E-state index contributed by atoms with van der Waals surface area (Å²) in [6.07, 6.45) is 0.907. The van der Waals surface area contributed by atoms with Gasteiger partial charge in [-0.3, -0.25) is 4.79 Å². The first kappa shape index (κ1) is 12.9. The van der Waals surface area contributed by atoms with Gasteiger partial charge in [-0.2, -0.15) is 0 Å². The Hall–Kier alpha value is -1.55. The minimum absolute atomic E-state index is 0.0762. The van der Waals surface area contributed by atoms with Crippen molar-refractivity contribution in [3.8, 4) is 5.75 Å². The fraction of sp³-hybridized carbons (Fsp3) is 0.500. The Balaban J connectivity index is 1.99. The highest BCUT2D eigenvalue weighted by atomic mass is 16.3. The number of hydrogen-bond acceptors (Lipinski definition) is 3. The Kier molecular flexibility index (Phi) is 3.87. The second kappa shape index (κ2) is 5.40. The third-order valence-electron chi connectivity index (χ3n) is 3.55. The minimum atomic E-state index is 0.0762. The van der Waals surface area contributed by atoms with Crippen molar-refractivity contribution in [2.24, 2.45) is 5.92 Å². The average Bonchev–Trinajstić information content (AvgIpc) is 2.74. The van der Waals surface area contributed by atoms with E-state index in [1.165, 1.54) is 0 Å². The van der Waals surface area contributed by atoms with Gasteiger partial charge in [0.2, 0.25) is 5.91 Å². The van der Waals surface area contributed by atoms with E-state index in [1.807, 2.05) is 13.1 Å². The van der Waals surface area contributed by atoms with Gasteiger partial charge in [0.15, 0.2) is 0 Å². The van der Waals surface area contributed by atoms with E-state index < -0.39 is 0 Å². The van der Waals surface area contributed by atoms with E-state index in [0.717, 1.165) is 18.5 Å². The molecule has 1 aromatic carbocycles. The highest BCUT2D eigenvalue weighted by Gasteiger charge is 2.31. The summed E-state index contributed by atoms with van der Waals surface area (Å²) in [6.45, 7) is 3.51. The molecule has 1 heterocycles. The summed E-state index contributed by atoms with van der Waals surface area (Å²) in [5.41, 5.74) is 0.949. The molecule has 2 atom stereocenters. The van der Waals surface area contributed by atoms with Gasteiger partial charge in [0, 0.05) is 19.6 Å². The van der Waals surface area contributed by atoms with Crippen LogP contribution in [0.15, 0.2) is 24.3 Å². The molecule has 4 nitrogen and oxygen atoms in total. The van der Waals surface area contributed by atoms with E-state index >= 15 is 0 Å². The molecule has 18 heavy (non-hydrogen) atoms. The average molecular weight is 248 g/mol. The molecule has 0 radical (unpaired) electrons. The summed E-state index contributed by atoms with van der Waals surface area (Å²) in [5.74, 6) is 0.493. The second-order valence-corrected chi connectivity index (χ2v) is 5.00. The molecular weight excluding hydrogens is 228 g/mol. The maximum atomic E-state index is 12.3. The highest BCUT2D eigenvalue weighted by molar-refractivity contribution is 5.79. The third-order valence-corrected chi connectivity index (χ3v) is 3.55. The zero-order chi connectivity index (χ0) is 13.1. The Morgan fingerprint density at radius 3 is 2.94 bits per heavy atom. The van der Waals surface area contributed by atoms with Crippen molar-refractivity contribution >= 4 is 5.91 Å². The maximum Gasteiger partial charge on any atom is 0.227 e. The molecule has 2 rings (SSSR count). The van der Waals surface area contributed by atoms with Crippen LogP contribution in [-0.4, -0.2) is 35.5 Å². The molecule has 0 aliphatic carbocycles. The second-order valence-electron chi connectivity index (χ2n) is 5.00. The van der Waals surface area contributed by atoms with Crippen LogP contribution in [-0.2, 0) is 11.3 Å². The summed E-state index contributed by atoms with van der Waals surface area (Å²) >= 11 is 0. The lowest BCUT2D eigenvalue weighted by molar-refractivity contribution is -0.134. The van der Waals surface area contributed by atoms with Crippen molar-refractivity contribution in [2.45, 2.75) is 25.9 Å². The molecule has 1 fully saturated rings. The van der Waals surface area contributed by atoms with Gasteiger partial charge >= 0.3 is 0 Å². The molecule has 1 aromatic rings. The van der Waals surface area contributed by atoms with Crippen molar-refractivity contribution in [1.29, 1.82) is 0 Å². The monoisotopic (exact) mass is 248 g/mol. The van der Waals surface area contributed by atoms with Crippen molar-refractivity contribution in [2.75, 3.05) is 13.6 Å². The standard InChI is InChI=1S/C14H20N2O2/c1-10-13(6-7-15-10)14(18)16(2)9-11-4-3-5-12(17)8-11/h3-5,8,10,13,15,17H,6-7,9H2,1-2H3. The van der Waals surface area contributed by atoms with Crippen molar-refractivity contribution in [3.05, 3.63) is 29.8 Å². The van der Waals surface area contributed by atoms with Crippen LogP contribution in [0.1, 0.15) is 18.9 Å². The smallest absolute Gasteiger partial charge is 0.227 e. The number of carbonyl (C=O) groups excluding carboxylic acids is 1. The molecule has 0 saturated carbocycles. The molecule has 1 aliphatic rings. The summed E-state index contributed by atoms with van der Waals surface area (Å²) in [4.78, 5) is 14.0. The van der Waals surface area contributed by atoms with Crippen LogP contribution in [0.5, 0.6) is 5.75 Å². The van der Waals surface area contributed by atoms with Crippen LogP contribution in [0.25, 0.3) is 0 Å². The molecule has 2 unspecified atom stereocenters. The number of hydrogen-bond donors (Lipinski definition) is 2. The van der Waals surface area contributed by atoms with E-state index in [-0.39, 0.29) is 23.6 Å². The number of aromatic hydroxyl groups is 1. The molecule has 2 N–H and O–H groups in total. The molecule has 1 saturated heterocycles. The van der Waals surface area contributed by atoms with E-state index in [0.29, 0.717) is 6.54 Å². The zero-order valence-electron chi connectivity index (χ0n) is 10.9. The molecular formula is C14H20N2O2. The van der Waals surface area contributed by atoms with Gasteiger partial charge in [0.05, 0.1) is 5.92 Å². The van der Waals surface area contributed by atoms with Gasteiger partial charge in [-0.15, -0.1) is 0 Å². The number of benzene rings is 1. The van der Waals surface area contributed by atoms with Crippen LogP contribution >= 0.6 is 0 Å². The van der Waals surface area contributed by atoms with E-state index in [4.69, 9.17) is 0 Å². The van der Waals surface area contributed by atoms with Crippen LogP contribution in [0, 0.1) is 5.92 Å². The first-order valence-corrected chi connectivity index (χ1v) is 6.34. The summed E-state index contributed by atoms with van der Waals surface area (Å²) in [7, 11) is 1.82. The van der Waals surface area contributed by atoms with Crippen molar-refractivity contribution in [1.82, 2.24) is 10.2 Å². The number of phenols is 1. The predicted octanol–water partition coefficient (Wildman–Crippen LogP) is 1.35. The van der Waals surface area contributed by atoms with E-state index in [1.54, 1.807) is 23.1 Å². The number of carbonyl (C=O) groups is 1. The Morgan fingerprint density at radius 1 is 1.56 bits per heavy atom. The summed E-state index contributed by atoms with van der Waals surface area (Å²) in [6, 6.07) is 7.29. The lowest BCUT2D eigenvalue weighted by atomic mass is 10.0. The fourth-order valence-electron chi connectivity index (χ4n) is 2.49. The zero-order valence-corrected chi connectivity index (χ0v) is 10.9. The van der Waals surface area contributed by atoms with Crippen LogP contribution in [0.3, 0.4) is 0 Å². The minimum Gasteiger partial charge on any atom is -0.508 e. The molecule has 98 valence electrons. The van der Waals surface area contributed by atoms with Gasteiger partial charge in [-0.05, 0) is 37.6 Å². The predicted molar refractivity (Wildman–Crippen MR) is 70.2 cm³/mol. The van der Waals surface area contributed by atoms with Crippen LogP contribution in [0.4, 0.5) is 0 Å². The Morgan fingerprint density at radius 2 is 2.33 bits per heavy atom. The number of amides is 1. The lowest BCUT2D eigenvalue weighted by Crippen LogP contribution is -2.37. The molecule has 1 amide bonds. The molecule has 4 heteroatoms. The first-order valence-electron chi connectivity index (χ1n) is 6.34. The highest BCUT2D eigenvalue weighted by Crippen LogP contribution is 2.19. The summed E-state index contributed by atoms with van der Waals surface area (Å²) in [5, 5.41) is 12.7. The van der Waals surface area contributed by atoms with Crippen molar-refractivity contribution in [3.63, 3.8) is 0 Å². The quantitative estimate of drug-likeness (QED) is 0.849. The number of nitrogens with one attached hydrogen (secondary N) is 1. The Bertz CT molecular complexity index is 434. The third kappa shape index (κ3) is 2.82. The number of rotatable bonds is 3. The molecule has 0 spiro atoms. The normalized spacial score (nSPS) is 23.0. The lowest BCUT2D eigenvalue weighted by Gasteiger charge is -2.23. The Labute approximate surface area is 108 Å². The molecule has 0 aromatic heterocycles. The van der Waals surface area contributed by atoms with Gasteiger partial charge in [0.25, 0.3) is 0 Å².